The normalized spacial score (nSPS) is 11.5. The summed E-state index contributed by atoms with van der Waals surface area (Å²) >= 11 is 0. The van der Waals surface area contributed by atoms with E-state index in [1.165, 1.54) is 24.3 Å². The maximum atomic E-state index is 13.0. The maximum Gasteiger partial charge on any atom is 0.311 e. The van der Waals surface area contributed by atoms with Gasteiger partial charge in [0.1, 0.15) is 0 Å². The quantitative estimate of drug-likeness (QED) is 0.255. The summed E-state index contributed by atoms with van der Waals surface area (Å²) in [6.45, 7) is 1.92. The van der Waals surface area contributed by atoms with Crippen molar-refractivity contribution in [3.8, 4) is 0 Å². The summed E-state index contributed by atoms with van der Waals surface area (Å²) in [6.07, 6.45) is -1.16. The minimum absolute atomic E-state index is 0.0566. The number of nitro benzene ring substituents is 1. The van der Waals surface area contributed by atoms with Gasteiger partial charge in [-0.25, -0.2) is 0 Å². The number of benzene rings is 3. The summed E-state index contributed by atoms with van der Waals surface area (Å²) in [4.78, 5) is 35.7. The molecule has 1 unspecified atom stereocenters. The van der Waals surface area contributed by atoms with E-state index in [-0.39, 0.29) is 17.9 Å². The lowest BCUT2D eigenvalue weighted by atomic mass is 9.99. The van der Waals surface area contributed by atoms with Gasteiger partial charge in [-0.1, -0.05) is 72.3 Å². The first-order valence-corrected chi connectivity index (χ1v) is 9.02. The second-order valence-corrected chi connectivity index (χ2v) is 6.61. The van der Waals surface area contributed by atoms with Crippen molar-refractivity contribution in [3.05, 3.63) is 111 Å². The monoisotopic (exact) mass is 389 g/mol. The fraction of sp³-hybridized carbons (Fsp3) is 0.130. The lowest BCUT2D eigenvalue weighted by molar-refractivity contribution is -0.384. The van der Waals surface area contributed by atoms with Gasteiger partial charge >= 0.3 is 5.97 Å². The Morgan fingerprint density at radius 2 is 1.55 bits per heavy atom. The highest BCUT2D eigenvalue weighted by Gasteiger charge is 2.26. The summed E-state index contributed by atoms with van der Waals surface area (Å²) in [7, 11) is 0. The van der Waals surface area contributed by atoms with Crippen LogP contribution in [0.5, 0.6) is 0 Å². The topological polar surface area (TPSA) is 86.5 Å². The highest BCUT2D eigenvalue weighted by atomic mass is 16.6. The average Bonchev–Trinajstić information content (AvgIpc) is 2.73. The minimum Gasteiger partial charge on any atom is -0.449 e. The number of Topliss-reactive ketones (excluding diaryl/α,β-unsaturated/α-hetero) is 1. The fourth-order valence-corrected chi connectivity index (χ4v) is 2.85. The summed E-state index contributed by atoms with van der Waals surface area (Å²) in [5, 5.41) is 10.7. The van der Waals surface area contributed by atoms with Crippen LogP contribution in [0.4, 0.5) is 5.69 Å². The number of carbonyl (C=O) groups excluding carboxylic acids is 2. The molecular formula is C23H19NO5. The third-order valence-electron chi connectivity index (χ3n) is 4.42. The van der Waals surface area contributed by atoms with Crippen LogP contribution in [0.2, 0.25) is 0 Å². The summed E-state index contributed by atoms with van der Waals surface area (Å²) in [5.74, 6) is -0.901. The number of rotatable bonds is 7. The molecule has 6 heteroatoms. The molecule has 0 saturated carbocycles. The minimum atomic E-state index is -1.07. The molecule has 0 bridgehead atoms. The molecule has 1 atom stereocenters. The van der Waals surface area contributed by atoms with Gasteiger partial charge < -0.3 is 4.74 Å². The van der Waals surface area contributed by atoms with E-state index in [1.54, 1.807) is 36.4 Å². The van der Waals surface area contributed by atoms with Gasteiger partial charge in [0.25, 0.3) is 5.69 Å². The van der Waals surface area contributed by atoms with Gasteiger partial charge in [-0.05, 0) is 12.5 Å². The summed E-state index contributed by atoms with van der Waals surface area (Å²) in [6, 6.07) is 21.5. The molecule has 0 fully saturated rings. The Balaban J connectivity index is 1.79. The van der Waals surface area contributed by atoms with Crippen molar-refractivity contribution in [2.45, 2.75) is 19.4 Å². The van der Waals surface area contributed by atoms with E-state index in [1.807, 2.05) is 25.1 Å². The van der Waals surface area contributed by atoms with E-state index in [0.717, 1.165) is 5.56 Å². The van der Waals surface area contributed by atoms with Gasteiger partial charge in [-0.3, -0.25) is 19.7 Å². The van der Waals surface area contributed by atoms with Crippen LogP contribution < -0.4 is 0 Å². The van der Waals surface area contributed by atoms with Crippen molar-refractivity contribution in [2.75, 3.05) is 0 Å². The van der Waals surface area contributed by atoms with Crippen molar-refractivity contribution in [3.63, 3.8) is 0 Å². The molecule has 0 spiro atoms. The molecule has 6 nitrogen and oxygen atoms in total. The van der Waals surface area contributed by atoms with Crippen molar-refractivity contribution in [2.24, 2.45) is 0 Å². The van der Waals surface area contributed by atoms with Gasteiger partial charge in [-0.2, -0.15) is 0 Å². The SMILES string of the molecule is Cc1ccc(C(=O)C(OC(=O)Cc2ccc([N+](=O)[O-])cc2)c2ccccc2)cc1. The first-order valence-electron chi connectivity index (χ1n) is 9.02. The molecule has 0 aromatic heterocycles. The molecule has 0 saturated heterocycles. The molecule has 3 aromatic rings. The number of carbonyl (C=O) groups is 2. The van der Waals surface area contributed by atoms with Crippen LogP contribution in [0.25, 0.3) is 0 Å². The predicted octanol–water partition coefficient (Wildman–Crippen LogP) is 4.61. The fourth-order valence-electron chi connectivity index (χ4n) is 2.85. The molecule has 0 aliphatic rings. The number of aryl methyl sites for hydroxylation is 1. The van der Waals surface area contributed by atoms with Crippen molar-refractivity contribution >= 4 is 17.4 Å². The van der Waals surface area contributed by atoms with E-state index in [0.29, 0.717) is 16.7 Å². The molecular weight excluding hydrogens is 370 g/mol. The molecule has 3 rings (SSSR count). The van der Waals surface area contributed by atoms with Crippen molar-refractivity contribution in [1.29, 1.82) is 0 Å². The van der Waals surface area contributed by atoms with E-state index < -0.39 is 17.0 Å². The molecule has 0 aliphatic carbocycles. The number of hydrogen-bond donors (Lipinski definition) is 0. The number of esters is 1. The first kappa shape index (κ1) is 19.9. The molecule has 0 radical (unpaired) electrons. The van der Waals surface area contributed by atoms with Crippen LogP contribution in [0.1, 0.15) is 33.2 Å². The Labute approximate surface area is 167 Å². The van der Waals surface area contributed by atoms with Crippen LogP contribution in [0, 0.1) is 17.0 Å². The molecule has 29 heavy (non-hydrogen) atoms. The van der Waals surface area contributed by atoms with Crippen LogP contribution >= 0.6 is 0 Å². The number of nitro groups is 1. The molecule has 0 N–H and O–H groups in total. The number of hydrogen-bond acceptors (Lipinski definition) is 5. The number of ketones is 1. The molecule has 146 valence electrons. The number of ether oxygens (including phenoxy) is 1. The maximum absolute atomic E-state index is 13.0. The first-order chi connectivity index (χ1) is 13.9. The van der Waals surface area contributed by atoms with Crippen molar-refractivity contribution < 1.29 is 19.2 Å². The van der Waals surface area contributed by atoms with Crippen LogP contribution in [-0.4, -0.2) is 16.7 Å². The van der Waals surface area contributed by atoms with Crippen LogP contribution in [0.3, 0.4) is 0 Å². The predicted molar refractivity (Wildman–Crippen MR) is 108 cm³/mol. The highest BCUT2D eigenvalue weighted by molar-refractivity contribution is 6.01. The zero-order valence-electron chi connectivity index (χ0n) is 15.8. The average molecular weight is 389 g/mol. The Kier molecular flexibility index (Phi) is 6.14. The summed E-state index contributed by atoms with van der Waals surface area (Å²) < 4.78 is 5.54. The van der Waals surface area contributed by atoms with Crippen LogP contribution in [0.15, 0.2) is 78.9 Å². The molecule has 0 aliphatic heterocycles. The Morgan fingerprint density at radius 3 is 2.14 bits per heavy atom. The van der Waals surface area contributed by atoms with E-state index >= 15 is 0 Å². The van der Waals surface area contributed by atoms with Crippen molar-refractivity contribution in [1.82, 2.24) is 0 Å². The molecule has 0 heterocycles. The second kappa shape index (κ2) is 8.93. The van der Waals surface area contributed by atoms with Gasteiger partial charge in [0, 0.05) is 23.3 Å². The lowest BCUT2D eigenvalue weighted by Crippen LogP contribution is -2.21. The third kappa shape index (κ3) is 5.13. The van der Waals surface area contributed by atoms with Gasteiger partial charge in [-0.15, -0.1) is 0 Å². The Hall–Kier alpha value is -3.80. The largest absolute Gasteiger partial charge is 0.449 e. The zero-order valence-corrected chi connectivity index (χ0v) is 15.8. The van der Waals surface area contributed by atoms with Crippen LogP contribution in [-0.2, 0) is 16.0 Å². The van der Waals surface area contributed by atoms with Gasteiger partial charge in [0.05, 0.1) is 11.3 Å². The van der Waals surface area contributed by atoms with E-state index in [2.05, 4.69) is 0 Å². The third-order valence-corrected chi connectivity index (χ3v) is 4.42. The standard InChI is InChI=1S/C23H19NO5/c1-16-7-11-18(12-8-16)22(26)23(19-5-3-2-4-6-19)29-21(25)15-17-9-13-20(14-10-17)24(27)28/h2-14,23H,15H2,1H3. The lowest BCUT2D eigenvalue weighted by Gasteiger charge is -2.17. The molecule has 0 amide bonds. The number of non-ortho nitro benzene ring substituents is 1. The highest BCUT2D eigenvalue weighted by Crippen LogP contribution is 2.24. The van der Waals surface area contributed by atoms with Gasteiger partial charge in [0.2, 0.25) is 5.78 Å². The Bertz CT molecular complexity index is 1010. The van der Waals surface area contributed by atoms with Gasteiger partial charge in [0.15, 0.2) is 6.10 Å². The smallest absolute Gasteiger partial charge is 0.311 e. The second-order valence-electron chi connectivity index (χ2n) is 6.61. The van der Waals surface area contributed by atoms with E-state index in [9.17, 15) is 19.7 Å². The number of nitrogens with zero attached hydrogens (tertiary/aromatic N) is 1. The zero-order chi connectivity index (χ0) is 20.8. The van der Waals surface area contributed by atoms with E-state index in [4.69, 9.17) is 4.74 Å². The summed E-state index contributed by atoms with van der Waals surface area (Å²) in [5.41, 5.74) is 2.56. The molecule has 3 aromatic carbocycles. The Morgan fingerprint density at radius 1 is 0.931 bits per heavy atom.